The molecule has 0 aliphatic rings. The number of halogens is 4. The lowest BCUT2D eigenvalue weighted by molar-refractivity contribution is -0.140. The zero-order chi connectivity index (χ0) is 18.1. The third kappa shape index (κ3) is 3.62. The third-order valence-corrected chi connectivity index (χ3v) is 3.88. The number of benzene rings is 1. The van der Waals surface area contributed by atoms with Crippen molar-refractivity contribution >= 4 is 23.4 Å². The van der Waals surface area contributed by atoms with Crippen LogP contribution in [-0.2, 0) is 29.2 Å². The molecule has 0 amide bonds. The van der Waals surface area contributed by atoms with Crippen LogP contribution in [0.15, 0.2) is 30.3 Å². The van der Waals surface area contributed by atoms with Crippen LogP contribution in [0.3, 0.4) is 0 Å². The van der Waals surface area contributed by atoms with Gasteiger partial charge in [-0.25, -0.2) is 0 Å². The van der Waals surface area contributed by atoms with Crippen LogP contribution in [0.1, 0.15) is 27.3 Å². The number of alkyl halides is 3. The maximum absolute atomic E-state index is 12.6. The first kappa shape index (κ1) is 18.1. The molecule has 24 heavy (non-hydrogen) atoms. The predicted molar refractivity (Wildman–Crippen MR) is 81.0 cm³/mol. The summed E-state index contributed by atoms with van der Waals surface area (Å²) in [5.41, 5.74) is -0.197. The topological polar surface area (TPSA) is 48.3 Å². The van der Waals surface area contributed by atoms with Crippen molar-refractivity contribution in [2.45, 2.75) is 12.6 Å². The monoisotopic (exact) mass is 359 g/mol. The Bertz CT molecular complexity index is 779. The van der Waals surface area contributed by atoms with Gasteiger partial charge in [-0.05, 0) is 18.2 Å². The van der Waals surface area contributed by atoms with Crippen LogP contribution < -0.4 is 0 Å². The fraction of sp³-hybridized carbons (Fsp3) is 0.250. The van der Waals surface area contributed by atoms with Gasteiger partial charge in [-0.1, -0.05) is 23.7 Å². The van der Waals surface area contributed by atoms with Crippen molar-refractivity contribution in [3.8, 4) is 0 Å². The zero-order valence-electron chi connectivity index (χ0n) is 12.8. The number of carbonyl (C=O) groups excluding carboxylic acids is 2. The quantitative estimate of drug-likeness (QED) is 0.618. The number of carbonyl (C=O) groups is 2. The number of nitrogens with zero attached hydrogens (tertiary/aromatic N) is 1. The SMILES string of the molecule is COC(=O)Cc1c(Cl)cc(C(=O)c2ccc(C(F)(F)F)cc2)n1C. The van der Waals surface area contributed by atoms with E-state index in [0.29, 0.717) is 5.69 Å². The van der Waals surface area contributed by atoms with Gasteiger partial charge >= 0.3 is 12.1 Å². The summed E-state index contributed by atoms with van der Waals surface area (Å²) >= 11 is 6.04. The molecule has 0 bridgehead atoms. The summed E-state index contributed by atoms with van der Waals surface area (Å²) in [4.78, 5) is 23.9. The molecule has 0 unspecified atom stereocenters. The van der Waals surface area contributed by atoms with E-state index in [-0.39, 0.29) is 22.7 Å². The summed E-state index contributed by atoms with van der Waals surface area (Å²) in [7, 11) is 2.77. The van der Waals surface area contributed by atoms with E-state index in [2.05, 4.69) is 4.74 Å². The molecule has 0 saturated heterocycles. The Balaban J connectivity index is 2.33. The molecule has 8 heteroatoms. The van der Waals surface area contributed by atoms with Crippen molar-refractivity contribution < 1.29 is 27.5 Å². The minimum Gasteiger partial charge on any atom is -0.469 e. The van der Waals surface area contributed by atoms with Crippen LogP contribution in [0.4, 0.5) is 13.2 Å². The molecule has 2 rings (SSSR count). The molecular formula is C16H13ClF3NO3. The minimum absolute atomic E-state index is 0.0879. The summed E-state index contributed by atoms with van der Waals surface area (Å²) in [6.45, 7) is 0. The van der Waals surface area contributed by atoms with Gasteiger partial charge in [-0.15, -0.1) is 0 Å². The molecule has 1 aromatic heterocycles. The van der Waals surface area contributed by atoms with Gasteiger partial charge in [-0.3, -0.25) is 9.59 Å². The second-order valence-electron chi connectivity index (χ2n) is 5.04. The van der Waals surface area contributed by atoms with E-state index in [4.69, 9.17) is 11.6 Å². The average Bonchev–Trinajstić information content (AvgIpc) is 2.81. The molecule has 128 valence electrons. The number of esters is 1. The highest BCUT2D eigenvalue weighted by atomic mass is 35.5. The number of ketones is 1. The minimum atomic E-state index is -4.47. The second kappa shape index (κ2) is 6.68. The number of aromatic nitrogens is 1. The van der Waals surface area contributed by atoms with Crippen LogP contribution in [-0.4, -0.2) is 23.4 Å². The van der Waals surface area contributed by atoms with Crippen LogP contribution in [0.25, 0.3) is 0 Å². The molecule has 0 radical (unpaired) electrons. The number of ether oxygens (including phenoxy) is 1. The van der Waals surface area contributed by atoms with Gasteiger partial charge in [0.25, 0.3) is 0 Å². The predicted octanol–water partition coefficient (Wildman–Crippen LogP) is 3.64. The molecule has 0 fully saturated rings. The molecule has 0 atom stereocenters. The molecule has 4 nitrogen and oxygen atoms in total. The van der Waals surface area contributed by atoms with Gasteiger partial charge in [-0.2, -0.15) is 13.2 Å². The lowest BCUT2D eigenvalue weighted by Crippen LogP contribution is -2.13. The van der Waals surface area contributed by atoms with E-state index in [1.807, 2.05) is 0 Å². The summed E-state index contributed by atoms with van der Waals surface area (Å²) < 4.78 is 43.7. The van der Waals surface area contributed by atoms with Crippen LogP contribution >= 0.6 is 11.6 Å². The first-order valence-corrected chi connectivity index (χ1v) is 7.15. The lowest BCUT2D eigenvalue weighted by Gasteiger charge is -2.09. The molecule has 2 aromatic rings. The van der Waals surface area contributed by atoms with Crippen LogP contribution in [0.5, 0.6) is 0 Å². The largest absolute Gasteiger partial charge is 0.469 e. The molecule has 0 aliphatic heterocycles. The van der Waals surface area contributed by atoms with Crippen LogP contribution in [0.2, 0.25) is 5.02 Å². The van der Waals surface area contributed by atoms with E-state index in [1.54, 1.807) is 7.05 Å². The van der Waals surface area contributed by atoms with Crippen molar-refractivity contribution in [1.82, 2.24) is 4.57 Å². The molecule has 1 heterocycles. The lowest BCUT2D eigenvalue weighted by atomic mass is 10.1. The average molecular weight is 360 g/mol. The number of methoxy groups -OCH3 is 1. The van der Waals surface area contributed by atoms with Crippen molar-refractivity contribution in [2.75, 3.05) is 7.11 Å². The van der Waals surface area contributed by atoms with Crippen LogP contribution in [0, 0.1) is 0 Å². The Hall–Kier alpha value is -2.28. The van der Waals surface area contributed by atoms with E-state index >= 15 is 0 Å². The van der Waals surface area contributed by atoms with Gasteiger partial charge in [0.15, 0.2) is 0 Å². The Morgan fingerprint density at radius 2 is 1.79 bits per heavy atom. The Kier molecular flexibility index (Phi) is 5.03. The molecule has 0 aliphatic carbocycles. The molecular weight excluding hydrogens is 347 g/mol. The highest BCUT2D eigenvalue weighted by molar-refractivity contribution is 6.32. The van der Waals surface area contributed by atoms with E-state index < -0.39 is 23.5 Å². The Morgan fingerprint density at radius 3 is 2.29 bits per heavy atom. The zero-order valence-corrected chi connectivity index (χ0v) is 13.5. The molecule has 0 N–H and O–H groups in total. The van der Waals surface area contributed by atoms with E-state index in [1.165, 1.54) is 17.7 Å². The van der Waals surface area contributed by atoms with E-state index in [9.17, 15) is 22.8 Å². The molecule has 0 saturated carbocycles. The normalized spacial score (nSPS) is 11.4. The summed E-state index contributed by atoms with van der Waals surface area (Å²) in [6, 6.07) is 5.26. The number of hydrogen-bond donors (Lipinski definition) is 0. The van der Waals surface area contributed by atoms with Crippen molar-refractivity contribution in [2.24, 2.45) is 7.05 Å². The van der Waals surface area contributed by atoms with Gasteiger partial charge in [0.2, 0.25) is 5.78 Å². The summed E-state index contributed by atoms with van der Waals surface area (Å²) in [5, 5.41) is 0.207. The fourth-order valence-corrected chi connectivity index (χ4v) is 2.49. The third-order valence-electron chi connectivity index (χ3n) is 3.55. The fourth-order valence-electron chi connectivity index (χ4n) is 2.19. The number of hydrogen-bond acceptors (Lipinski definition) is 3. The maximum atomic E-state index is 12.6. The van der Waals surface area contributed by atoms with Gasteiger partial charge < -0.3 is 9.30 Å². The Labute approximate surface area is 140 Å². The van der Waals surface area contributed by atoms with Crippen molar-refractivity contribution in [3.05, 3.63) is 57.9 Å². The smallest absolute Gasteiger partial charge is 0.416 e. The highest BCUT2D eigenvalue weighted by Crippen LogP contribution is 2.30. The maximum Gasteiger partial charge on any atom is 0.416 e. The summed E-state index contributed by atoms with van der Waals surface area (Å²) in [6.07, 6.45) is -4.59. The van der Waals surface area contributed by atoms with Gasteiger partial charge in [0.1, 0.15) is 0 Å². The van der Waals surface area contributed by atoms with Gasteiger partial charge in [0.05, 0.1) is 29.8 Å². The first-order chi connectivity index (χ1) is 11.1. The standard InChI is InChI=1S/C16H13ClF3NO3/c1-21-12(8-14(22)24-2)11(17)7-13(21)15(23)9-3-5-10(6-4-9)16(18,19)20/h3-7H,8H2,1-2H3. The molecule has 0 spiro atoms. The first-order valence-electron chi connectivity index (χ1n) is 6.78. The van der Waals surface area contributed by atoms with Gasteiger partial charge in [0, 0.05) is 18.3 Å². The highest BCUT2D eigenvalue weighted by Gasteiger charge is 2.30. The number of rotatable bonds is 4. The van der Waals surface area contributed by atoms with Crippen molar-refractivity contribution in [3.63, 3.8) is 0 Å². The summed E-state index contributed by atoms with van der Waals surface area (Å²) in [5.74, 6) is -1.02. The Morgan fingerprint density at radius 1 is 1.21 bits per heavy atom. The molecule has 1 aromatic carbocycles. The van der Waals surface area contributed by atoms with E-state index in [0.717, 1.165) is 24.3 Å². The van der Waals surface area contributed by atoms with Crippen molar-refractivity contribution in [1.29, 1.82) is 0 Å². The second-order valence-corrected chi connectivity index (χ2v) is 5.45.